The SMILES string of the molecule is CCC(C)C(NC(=O)C(NC(=O)C(CCC(=O)O)NC(=O)C(N)CCCCN)C(C)O)C(=O)NC(CCC(=O)O)C(=O)NC(CCC(N)=O)C(=O)NC(CCC(=O)O)C(=O)NC(CCCCN)C(=O)NC(CCC(N)=O)C(=O)O. The molecule has 0 heterocycles. The van der Waals surface area contributed by atoms with Crippen molar-refractivity contribution in [2.24, 2.45) is 34.6 Å². The molecule has 0 saturated heterocycles. The number of primary amides is 2. The minimum atomic E-state index is -1.87. The molecule has 0 rings (SSSR count). The van der Waals surface area contributed by atoms with Crippen LogP contribution in [0.3, 0.4) is 0 Å². The van der Waals surface area contributed by atoms with E-state index in [0.29, 0.717) is 25.8 Å². The third kappa shape index (κ3) is 29.7. The number of nitrogens with one attached hydrogen (secondary N) is 8. The largest absolute Gasteiger partial charge is 0.481 e. The quantitative estimate of drug-likeness (QED) is 0.0253. The number of carbonyl (C=O) groups is 14. The van der Waals surface area contributed by atoms with Crippen LogP contribution in [0.2, 0.25) is 0 Å². The number of hydrogen-bond acceptors (Lipinski definition) is 18. The highest BCUT2D eigenvalue weighted by molar-refractivity contribution is 5.98. The Hall–Kier alpha value is -7.58. The molecule has 0 spiro atoms. The van der Waals surface area contributed by atoms with Crippen molar-refractivity contribution in [1.29, 1.82) is 0 Å². The van der Waals surface area contributed by atoms with Gasteiger partial charge in [0.2, 0.25) is 59.1 Å². The van der Waals surface area contributed by atoms with Gasteiger partial charge in [0, 0.05) is 32.1 Å². The van der Waals surface area contributed by atoms with Crippen LogP contribution in [-0.2, 0) is 67.1 Å². The van der Waals surface area contributed by atoms with Gasteiger partial charge >= 0.3 is 23.9 Å². The second kappa shape index (κ2) is 38.1. The Morgan fingerprint density at radius 1 is 0.392 bits per heavy atom. The van der Waals surface area contributed by atoms with Crippen LogP contribution in [0.15, 0.2) is 0 Å². The van der Waals surface area contributed by atoms with E-state index in [9.17, 15) is 92.7 Å². The van der Waals surface area contributed by atoms with Gasteiger partial charge in [-0.15, -0.1) is 0 Å². The fourth-order valence-corrected chi connectivity index (χ4v) is 7.34. The number of carbonyl (C=O) groups excluding carboxylic acids is 10. The van der Waals surface area contributed by atoms with Crippen molar-refractivity contribution in [2.45, 2.75) is 190 Å². The van der Waals surface area contributed by atoms with Crippen LogP contribution in [0.25, 0.3) is 0 Å². The normalized spacial score (nSPS) is 15.2. The van der Waals surface area contributed by atoms with Crippen molar-refractivity contribution < 1.29 is 92.7 Å². The van der Waals surface area contributed by atoms with Crippen LogP contribution in [0.4, 0.5) is 0 Å². The summed E-state index contributed by atoms with van der Waals surface area (Å²) in [4.78, 5) is 180. The van der Waals surface area contributed by atoms with Gasteiger partial charge in [0.15, 0.2) is 0 Å². The average Bonchev–Trinajstić information content (AvgIpc) is 3.37. The summed E-state index contributed by atoms with van der Waals surface area (Å²) < 4.78 is 0. The predicted molar refractivity (Wildman–Crippen MR) is 275 cm³/mol. The van der Waals surface area contributed by atoms with E-state index in [4.69, 9.17) is 28.7 Å². The first-order valence-electron chi connectivity index (χ1n) is 25.7. The van der Waals surface area contributed by atoms with E-state index in [1.807, 2.05) is 0 Å². The molecular formula is C47H81N13O19. The van der Waals surface area contributed by atoms with Crippen LogP contribution in [0, 0.1) is 5.92 Å². The minimum Gasteiger partial charge on any atom is -0.481 e. The molecule has 0 aromatic heterocycles. The molecule has 23 N–H and O–H groups in total. The second-order valence-corrected chi connectivity index (χ2v) is 18.8. The van der Waals surface area contributed by atoms with Crippen LogP contribution < -0.4 is 71.2 Å². The summed E-state index contributed by atoms with van der Waals surface area (Å²) in [6.45, 7) is 4.64. The van der Waals surface area contributed by atoms with Gasteiger partial charge in [-0.1, -0.05) is 26.7 Å². The Morgan fingerprint density at radius 3 is 1.05 bits per heavy atom. The number of carboxylic acids is 4. The van der Waals surface area contributed by atoms with Gasteiger partial charge in [0.05, 0.1) is 12.1 Å². The van der Waals surface area contributed by atoms with Crippen molar-refractivity contribution in [3.05, 3.63) is 0 Å². The average molecular weight is 1130 g/mol. The summed E-state index contributed by atoms with van der Waals surface area (Å²) in [6.07, 6.45) is -6.08. The van der Waals surface area contributed by atoms with Gasteiger partial charge in [-0.2, -0.15) is 0 Å². The van der Waals surface area contributed by atoms with Crippen molar-refractivity contribution >= 4 is 82.9 Å². The van der Waals surface area contributed by atoms with Crippen molar-refractivity contribution in [3.63, 3.8) is 0 Å². The number of carboxylic acid groups (broad SMARTS) is 4. The monoisotopic (exact) mass is 1130 g/mol. The second-order valence-electron chi connectivity index (χ2n) is 18.8. The lowest BCUT2D eigenvalue weighted by Crippen LogP contribution is -2.62. The topological polar surface area (TPSA) is 566 Å². The van der Waals surface area contributed by atoms with E-state index in [2.05, 4.69) is 42.5 Å². The summed E-state index contributed by atoms with van der Waals surface area (Å²) in [7, 11) is 0. The van der Waals surface area contributed by atoms with E-state index in [1.54, 1.807) is 6.92 Å². The van der Waals surface area contributed by atoms with Crippen LogP contribution in [0.1, 0.15) is 130 Å². The molecule has 32 nitrogen and oxygen atoms in total. The zero-order valence-corrected chi connectivity index (χ0v) is 44.6. The van der Waals surface area contributed by atoms with Crippen molar-refractivity contribution in [3.8, 4) is 0 Å². The molecule has 0 bridgehead atoms. The van der Waals surface area contributed by atoms with Crippen molar-refractivity contribution in [1.82, 2.24) is 42.5 Å². The summed E-state index contributed by atoms with van der Waals surface area (Å²) in [5.41, 5.74) is 27.5. The molecular weight excluding hydrogens is 1050 g/mol. The number of hydrogen-bond donors (Lipinski definition) is 18. The van der Waals surface area contributed by atoms with E-state index < -0.39 is 214 Å². The molecule has 0 radical (unpaired) electrons. The highest BCUT2D eigenvalue weighted by Crippen LogP contribution is 2.13. The third-order valence-electron chi connectivity index (χ3n) is 12.2. The lowest BCUT2D eigenvalue weighted by Gasteiger charge is -2.30. The maximum absolute atomic E-state index is 14.1. The Kier molecular flexibility index (Phi) is 34.4. The lowest BCUT2D eigenvalue weighted by atomic mass is 9.96. The zero-order valence-electron chi connectivity index (χ0n) is 44.6. The van der Waals surface area contributed by atoms with E-state index >= 15 is 0 Å². The first-order chi connectivity index (χ1) is 37.0. The molecule has 11 unspecified atom stereocenters. The Labute approximate surface area is 455 Å². The third-order valence-corrected chi connectivity index (χ3v) is 12.2. The molecule has 79 heavy (non-hydrogen) atoms. The summed E-state index contributed by atoms with van der Waals surface area (Å²) in [5.74, 6) is -17.5. The standard InChI is InChI=1S/C47H81N13O19/c1-4-23(2)37(59-46(77)38(24(3)61)60-44(75)30(15-20-36(68)69)53-39(70)25(50)9-5-7-21-48)45(76)57-29(14-19-35(66)67)43(74)55-27(11-16-32(51)62)41(72)56-28(13-18-34(64)65)42(73)54-26(10-6-8-22-49)40(71)58-31(47(78)79)12-17-33(52)63/h23-31,37-38,61H,4-22,48-50H2,1-3H3,(H2,51,62)(H2,52,63)(H,53,70)(H,54,73)(H,55,74)(H,56,72)(H,57,76)(H,58,71)(H,59,77)(H,60,75)(H,64,65)(H,66,67)(H,68,69)(H,78,79). The molecule has 0 aliphatic heterocycles. The van der Waals surface area contributed by atoms with Gasteiger partial charge in [-0.3, -0.25) is 62.3 Å². The minimum absolute atomic E-state index is 0.146. The highest BCUT2D eigenvalue weighted by atomic mass is 16.4. The Bertz CT molecular complexity index is 2120. The maximum Gasteiger partial charge on any atom is 0.326 e. The molecule has 0 aromatic carbocycles. The van der Waals surface area contributed by atoms with E-state index in [-0.39, 0.29) is 32.2 Å². The fourth-order valence-electron chi connectivity index (χ4n) is 7.34. The molecule has 0 aromatic rings. The molecule has 11 atom stereocenters. The number of aliphatic hydroxyl groups is 1. The Morgan fingerprint density at radius 2 is 0.696 bits per heavy atom. The van der Waals surface area contributed by atoms with E-state index in [0.717, 1.165) is 6.92 Å². The maximum atomic E-state index is 14.1. The Balaban J connectivity index is 6.90. The van der Waals surface area contributed by atoms with Gasteiger partial charge < -0.3 is 96.7 Å². The molecule has 10 amide bonds. The van der Waals surface area contributed by atoms with Crippen molar-refractivity contribution in [2.75, 3.05) is 13.1 Å². The first-order valence-corrected chi connectivity index (χ1v) is 25.7. The molecule has 32 heteroatoms. The zero-order chi connectivity index (χ0) is 60.5. The number of unbranched alkanes of at least 4 members (excludes halogenated alkanes) is 2. The molecule has 0 aliphatic carbocycles. The number of amides is 10. The van der Waals surface area contributed by atoms with Crippen LogP contribution in [-0.4, -0.2) is 182 Å². The lowest BCUT2D eigenvalue weighted by molar-refractivity contribution is -0.143. The van der Waals surface area contributed by atoms with Crippen LogP contribution >= 0.6 is 0 Å². The number of aliphatic hydroxyl groups excluding tert-OH is 1. The van der Waals surface area contributed by atoms with Gasteiger partial charge in [0.1, 0.15) is 48.3 Å². The molecule has 0 saturated carbocycles. The highest BCUT2D eigenvalue weighted by Gasteiger charge is 2.37. The predicted octanol–water partition coefficient (Wildman–Crippen LogP) is -5.91. The summed E-state index contributed by atoms with van der Waals surface area (Å²) in [5, 5.41) is 67.1. The van der Waals surface area contributed by atoms with E-state index in [1.165, 1.54) is 6.92 Å². The van der Waals surface area contributed by atoms with Gasteiger partial charge in [0.25, 0.3) is 0 Å². The number of aliphatic carboxylic acids is 4. The van der Waals surface area contributed by atoms with Gasteiger partial charge in [-0.05, 0) is 90.1 Å². The number of nitrogens with two attached hydrogens (primary N) is 5. The van der Waals surface area contributed by atoms with Crippen LogP contribution in [0.5, 0.6) is 0 Å². The summed E-state index contributed by atoms with van der Waals surface area (Å²) >= 11 is 0. The molecule has 448 valence electrons. The molecule has 0 aliphatic rings. The fraction of sp³-hybridized carbons (Fsp3) is 0.702. The molecule has 0 fully saturated rings. The smallest absolute Gasteiger partial charge is 0.326 e. The van der Waals surface area contributed by atoms with Gasteiger partial charge in [-0.25, -0.2) is 4.79 Å². The number of rotatable bonds is 43. The first kappa shape index (κ1) is 71.4. The summed E-state index contributed by atoms with van der Waals surface area (Å²) in [6, 6.07) is -14.8.